The Balaban J connectivity index is 1.07. The van der Waals surface area contributed by atoms with Crippen LogP contribution in [0.15, 0.2) is 0 Å². The quantitative estimate of drug-likeness (QED) is 0.310. The summed E-state index contributed by atoms with van der Waals surface area (Å²) in [5.74, 6) is 3.79. The number of carbonyl (C=O) groups excluding carboxylic acids is 1. The SMILES string of the molecule is CC1CC[C@@H]2N(C1)CC1C(CC[C@H]3C4CC(=O)[C@H]5CC(O[C@@H]6O[C@H](CO)[C@@H](O)[C@H](O)[C@H]6O)CCC5(C)[C@H]4C[C@@H]13)[C@]2(C)O. The molecule has 0 bridgehead atoms. The van der Waals surface area contributed by atoms with Crippen molar-refractivity contribution in [2.24, 2.45) is 52.8 Å². The molecular formula is C33H53NO8. The summed E-state index contributed by atoms with van der Waals surface area (Å²) in [7, 11) is 0. The first kappa shape index (κ1) is 30.0. The highest BCUT2D eigenvalue weighted by molar-refractivity contribution is 5.83. The van der Waals surface area contributed by atoms with Gasteiger partial charge in [-0.15, -0.1) is 0 Å². The maximum atomic E-state index is 13.9. The smallest absolute Gasteiger partial charge is 0.186 e. The predicted molar refractivity (Wildman–Crippen MR) is 153 cm³/mol. The third-order valence-corrected chi connectivity index (χ3v) is 14.0. The Bertz CT molecular complexity index is 1040. The number of aliphatic hydroxyl groups excluding tert-OH is 4. The number of aliphatic hydroxyl groups is 5. The van der Waals surface area contributed by atoms with Crippen LogP contribution in [0.2, 0.25) is 0 Å². The summed E-state index contributed by atoms with van der Waals surface area (Å²) in [5.41, 5.74) is -0.745. The summed E-state index contributed by atoms with van der Waals surface area (Å²) in [6.07, 6.45) is 1.67. The van der Waals surface area contributed by atoms with Gasteiger partial charge in [-0.2, -0.15) is 0 Å². The van der Waals surface area contributed by atoms with Crippen molar-refractivity contribution in [2.45, 2.75) is 127 Å². The minimum atomic E-state index is -1.47. The van der Waals surface area contributed by atoms with Gasteiger partial charge in [-0.05, 0) is 105 Å². The zero-order valence-electron chi connectivity index (χ0n) is 25.6. The highest BCUT2D eigenvalue weighted by Crippen LogP contribution is 2.66. The van der Waals surface area contributed by atoms with E-state index in [2.05, 4.69) is 25.7 Å². The second-order valence-corrected chi connectivity index (χ2v) is 16.0. The molecule has 3 aliphatic heterocycles. The molecule has 7 aliphatic rings. The van der Waals surface area contributed by atoms with Gasteiger partial charge < -0.3 is 35.0 Å². The zero-order valence-corrected chi connectivity index (χ0v) is 25.6. The Hall–Kier alpha value is -0.650. The fourth-order valence-electron chi connectivity index (χ4n) is 11.8. The Kier molecular flexibility index (Phi) is 7.66. The number of carbonyl (C=O) groups is 1. The van der Waals surface area contributed by atoms with Gasteiger partial charge in [0.05, 0.1) is 18.3 Å². The van der Waals surface area contributed by atoms with Crippen molar-refractivity contribution in [1.82, 2.24) is 4.90 Å². The average Bonchev–Trinajstić information content (AvgIpc) is 3.33. The van der Waals surface area contributed by atoms with Gasteiger partial charge in [0.15, 0.2) is 6.29 Å². The van der Waals surface area contributed by atoms with E-state index in [-0.39, 0.29) is 23.5 Å². The second-order valence-electron chi connectivity index (χ2n) is 16.0. The lowest BCUT2D eigenvalue weighted by molar-refractivity contribution is -0.315. The lowest BCUT2D eigenvalue weighted by Crippen LogP contribution is -2.67. The largest absolute Gasteiger partial charge is 0.394 e. The molecular weight excluding hydrogens is 538 g/mol. The summed E-state index contributed by atoms with van der Waals surface area (Å²) >= 11 is 0. The number of Topliss-reactive ketones (excluding diaryl/α,β-unsaturated/α-hetero) is 1. The van der Waals surface area contributed by atoms with E-state index in [1.54, 1.807) is 0 Å². The minimum absolute atomic E-state index is 0.0958. The first-order valence-electron chi connectivity index (χ1n) is 16.9. The number of piperidine rings is 2. The van der Waals surface area contributed by atoms with Crippen LogP contribution in [0.1, 0.15) is 78.6 Å². The molecule has 9 heteroatoms. The lowest BCUT2D eigenvalue weighted by Gasteiger charge is -2.59. The first-order valence-corrected chi connectivity index (χ1v) is 16.9. The van der Waals surface area contributed by atoms with Crippen LogP contribution in [-0.4, -0.2) is 104 Å². The van der Waals surface area contributed by atoms with Gasteiger partial charge in [0.25, 0.3) is 0 Å². The van der Waals surface area contributed by atoms with Crippen molar-refractivity contribution >= 4 is 5.78 Å². The van der Waals surface area contributed by atoms with Crippen LogP contribution in [0.4, 0.5) is 0 Å². The molecule has 0 aromatic heterocycles. The number of nitrogens with zero attached hydrogens (tertiary/aromatic N) is 1. The van der Waals surface area contributed by atoms with Gasteiger partial charge in [0, 0.05) is 31.5 Å². The Morgan fingerprint density at radius 3 is 2.45 bits per heavy atom. The van der Waals surface area contributed by atoms with Crippen LogP contribution in [-0.2, 0) is 14.3 Å². The number of fused-ring (bicyclic) bond motifs is 8. The summed E-state index contributed by atoms with van der Waals surface area (Å²) in [6.45, 7) is 8.49. The molecule has 6 unspecified atom stereocenters. The van der Waals surface area contributed by atoms with E-state index in [1.165, 1.54) is 6.42 Å². The number of ketones is 1. The van der Waals surface area contributed by atoms with E-state index in [9.17, 15) is 30.3 Å². The zero-order chi connectivity index (χ0) is 29.7. The molecule has 4 aliphatic carbocycles. The van der Waals surface area contributed by atoms with Crippen LogP contribution < -0.4 is 0 Å². The number of ether oxygens (including phenoxy) is 2. The molecule has 7 rings (SSSR count). The minimum Gasteiger partial charge on any atom is -0.394 e. The molecule has 4 saturated carbocycles. The highest BCUT2D eigenvalue weighted by atomic mass is 16.7. The van der Waals surface area contributed by atoms with Gasteiger partial charge in [-0.25, -0.2) is 0 Å². The normalized spacial score (nSPS) is 57.9. The van der Waals surface area contributed by atoms with Crippen LogP contribution in [0.5, 0.6) is 0 Å². The standard InChI is InChI=1S/C33H53NO8/c1-16-4-7-27-33(3,40)22-6-5-18-19(21(22)14-34(27)13-16)11-23-20(18)12-25(36)24-10-17(8-9-32(23,24)2)41-31-30(39)29(38)28(37)26(15-35)42-31/h16-24,26-31,35,37-40H,4-15H2,1-3H3/t16?,17?,18-,19-,20?,21?,22?,23+,24-,26-,27+,28-,29+,30-,31-,32?,33+/m1/s1. The monoisotopic (exact) mass is 591 g/mol. The molecule has 0 radical (unpaired) electrons. The number of hydrogen-bond donors (Lipinski definition) is 5. The van der Waals surface area contributed by atoms with E-state index >= 15 is 0 Å². The molecule has 0 aromatic carbocycles. The average molecular weight is 592 g/mol. The lowest BCUT2D eigenvalue weighted by atomic mass is 9.51. The highest BCUT2D eigenvalue weighted by Gasteiger charge is 2.64. The van der Waals surface area contributed by atoms with E-state index in [1.807, 2.05) is 0 Å². The Labute approximate surface area is 249 Å². The first-order chi connectivity index (χ1) is 19.9. The summed E-state index contributed by atoms with van der Waals surface area (Å²) in [6, 6.07) is 0.276. The molecule has 0 amide bonds. The Morgan fingerprint density at radius 1 is 0.905 bits per heavy atom. The van der Waals surface area contributed by atoms with Crippen LogP contribution in [0.3, 0.4) is 0 Å². The maximum Gasteiger partial charge on any atom is 0.186 e. The van der Waals surface area contributed by atoms with Crippen LogP contribution >= 0.6 is 0 Å². The molecule has 238 valence electrons. The molecule has 0 aromatic rings. The molecule has 5 N–H and O–H groups in total. The number of hydrogen-bond acceptors (Lipinski definition) is 9. The molecule has 3 heterocycles. The van der Waals surface area contributed by atoms with Crippen molar-refractivity contribution in [3.05, 3.63) is 0 Å². The van der Waals surface area contributed by atoms with Gasteiger partial charge in [0.2, 0.25) is 0 Å². The molecule has 17 atom stereocenters. The third-order valence-electron chi connectivity index (χ3n) is 14.0. The van der Waals surface area contributed by atoms with Crippen molar-refractivity contribution in [1.29, 1.82) is 0 Å². The van der Waals surface area contributed by atoms with Crippen molar-refractivity contribution in [2.75, 3.05) is 19.7 Å². The van der Waals surface area contributed by atoms with E-state index in [4.69, 9.17) is 9.47 Å². The summed E-state index contributed by atoms with van der Waals surface area (Å²) < 4.78 is 11.8. The second kappa shape index (κ2) is 10.7. The summed E-state index contributed by atoms with van der Waals surface area (Å²) in [5, 5.41) is 52.4. The van der Waals surface area contributed by atoms with E-state index in [0.717, 1.165) is 51.6 Å². The van der Waals surface area contributed by atoms with Crippen molar-refractivity contribution in [3.63, 3.8) is 0 Å². The molecule has 9 nitrogen and oxygen atoms in total. The Morgan fingerprint density at radius 2 is 1.69 bits per heavy atom. The van der Waals surface area contributed by atoms with Gasteiger partial charge in [-0.1, -0.05) is 13.8 Å². The van der Waals surface area contributed by atoms with Crippen molar-refractivity contribution in [3.8, 4) is 0 Å². The third kappa shape index (κ3) is 4.50. The van der Waals surface area contributed by atoms with Crippen molar-refractivity contribution < 1.29 is 39.8 Å². The fourth-order valence-corrected chi connectivity index (χ4v) is 11.8. The van der Waals surface area contributed by atoms with E-state index < -0.39 is 42.9 Å². The predicted octanol–water partition coefficient (Wildman–Crippen LogP) is 1.71. The molecule has 0 spiro atoms. The fraction of sp³-hybridized carbons (Fsp3) is 0.970. The topological polar surface area (TPSA) is 140 Å². The molecule has 7 fully saturated rings. The molecule has 42 heavy (non-hydrogen) atoms. The van der Waals surface area contributed by atoms with Crippen LogP contribution in [0.25, 0.3) is 0 Å². The van der Waals surface area contributed by atoms with Gasteiger partial charge >= 0.3 is 0 Å². The van der Waals surface area contributed by atoms with Crippen LogP contribution in [0, 0.1) is 52.8 Å². The maximum absolute atomic E-state index is 13.9. The van der Waals surface area contributed by atoms with Gasteiger partial charge in [-0.3, -0.25) is 9.69 Å². The molecule has 3 saturated heterocycles. The summed E-state index contributed by atoms with van der Waals surface area (Å²) in [4.78, 5) is 16.5. The number of rotatable bonds is 3. The van der Waals surface area contributed by atoms with Gasteiger partial charge in [0.1, 0.15) is 30.2 Å². The van der Waals surface area contributed by atoms with E-state index in [0.29, 0.717) is 60.1 Å².